The third kappa shape index (κ3) is 4.80. The minimum absolute atomic E-state index is 0.0360. The Morgan fingerprint density at radius 1 is 1.00 bits per heavy atom. The third-order valence-electron chi connectivity index (χ3n) is 7.12. The van der Waals surface area contributed by atoms with Gasteiger partial charge in [-0.05, 0) is 65.3 Å². The first kappa shape index (κ1) is 22.5. The second-order valence-electron chi connectivity index (χ2n) is 9.56. The van der Waals surface area contributed by atoms with Crippen molar-refractivity contribution in [3.8, 4) is 0 Å². The van der Waals surface area contributed by atoms with Crippen LogP contribution in [0.3, 0.4) is 0 Å². The van der Waals surface area contributed by atoms with Crippen molar-refractivity contribution in [2.45, 2.75) is 71.6 Å². The maximum Gasteiger partial charge on any atom is 0.252 e. The maximum atomic E-state index is 13.1. The highest BCUT2D eigenvalue weighted by Crippen LogP contribution is 2.28. The number of aromatic amines is 1. The fourth-order valence-electron chi connectivity index (χ4n) is 5.06. The summed E-state index contributed by atoms with van der Waals surface area (Å²) in [5, 5.41) is 13.8. The lowest BCUT2D eigenvalue weighted by atomic mass is 9.95. The zero-order valence-corrected chi connectivity index (χ0v) is 20.0. The molecule has 0 spiro atoms. The highest BCUT2D eigenvalue weighted by Gasteiger charge is 2.22. The zero-order valence-electron chi connectivity index (χ0n) is 20.0. The lowest BCUT2D eigenvalue weighted by molar-refractivity contribution is 0.225. The van der Waals surface area contributed by atoms with Crippen molar-refractivity contribution >= 4 is 10.9 Å². The van der Waals surface area contributed by atoms with Gasteiger partial charge < -0.3 is 4.98 Å². The fourth-order valence-corrected chi connectivity index (χ4v) is 5.06. The number of benzene rings is 2. The van der Waals surface area contributed by atoms with E-state index in [-0.39, 0.29) is 5.56 Å². The topological polar surface area (TPSA) is 79.7 Å². The van der Waals surface area contributed by atoms with Gasteiger partial charge in [0.25, 0.3) is 5.56 Å². The van der Waals surface area contributed by atoms with Crippen LogP contribution in [-0.2, 0) is 19.6 Å². The molecule has 0 saturated heterocycles. The molecule has 1 fully saturated rings. The highest BCUT2D eigenvalue weighted by molar-refractivity contribution is 5.83. The van der Waals surface area contributed by atoms with Crippen molar-refractivity contribution in [3.63, 3.8) is 0 Å². The molecule has 1 aliphatic carbocycles. The summed E-state index contributed by atoms with van der Waals surface area (Å²) in [6.07, 6.45) is 5.99. The first-order chi connectivity index (χ1) is 16.6. The molecular formula is C27H32N6O. The number of hydrogen-bond acceptors (Lipinski definition) is 5. The van der Waals surface area contributed by atoms with Gasteiger partial charge in [-0.15, -0.1) is 5.10 Å². The molecule has 0 bridgehead atoms. The van der Waals surface area contributed by atoms with Gasteiger partial charge in [-0.3, -0.25) is 9.69 Å². The summed E-state index contributed by atoms with van der Waals surface area (Å²) in [7, 11) is 0. The lowest BCUT2D eigenvalue weighted by Gasteiger charge is -2.25. The van der Waals surface area contributed by atoms with E-state index in [4.69, 9.17) is 0 Å². The number of nitrogens with zero attached hydrogens (tertiary/aromatic N) is 5. The van der Waals surface area contributed by atoms with Crippen LogP contribution in [0.4, 0.5) is 0 Å². The molecule has 7 nitrogen and oxygen atoms in total. The van der Waals surface area contributed by atoms with Gasteiger partial charge in [-0.1, -0.05) is 61.7 Å². The Hall–Kier alpha value is -3.32. The van der Waals surface area contributed by atoms with E-state index in [0.29, 0.717) is 25.7 Å². The first-order valence-corrected chi connectivity index (χ1v) is 12.2. The molecule has 2 aromatic heterocycles. The average Bonchev–Trinajstić information content (AvgIpc) is 3.32. The Morgan fingerprint density at radius 2 is 1.79 bits per heavy atom. The number of rotatable bonds is 7. The Balaban J connectivity index is 1.45. The number of pyridine rings is 1. The van der Waals surface area contributed by atoms with Gasteiger partial charge in [0.05, 0.1) is 18.1 Å². The molecule has 0 aliphatic heterocycles. The standard InChI is InChI=1S/C27H32N6O/c1-19-13-14-22-15-23(27(34)28-26(22)20(19)2)17-32(16-21-9-5-3-6-10-21)18-25-29-30-31-33(25)24-11-7-4-8-12-24/h3,5-6,9-10,13-15,24H,4,7-8,11-12,16-18H2,1-2H3,(H,28,34). The van der Waals surface area contributed by atoms with Crippen molar-refractivity contribution in [2.75, 3.05) is 0 Å². The monoisotopic (exact) mass is 456 g/mol. The number of fused-ring (bicyclic) bond motifs is 1. The maximum absolute atomic E-state index is 13.1. The van der Waals surface area contributed by atoms with Crippen LogP contribution in [0.25, 0.3) is 10.9 Å². The molecule has 2 aromatic carbocycles. The van der Waals surface area contributed by atoms with Gasteiger partial charge in [0.1, 0.15) is 0 Å². The SMILES string of the molecule is Cc1ccc2cc(CN(Cc3ccccc3)Cc3nnnn3C3CCCCC3)c(=O)[nH]c2c1C. The predicted molar refractivity (Wildman–Crippen MR) is 133 cm³/mol. The van der Waals surface area contributed by atoms with Crippen LogP contribution < -0.4 is 5.56 Å². The molecule has 7 heteroatoms. The van der Waals surface area contributed by atoms with Crippen molar-refractivity contribution in [2.24, 2.45) is 0 Å². The number of aromatic nitrogens is 5. The Kier molecular flexibility index (Phi) is 6.54. The van der Waals surface area contributed by atoms with E-state index in [9.17, 15) is 4.79 Å². The Morgan fingerprint density at radius 3 is 2.59 bits per heavy atom. The van der Waals surface area contributed by atoms with E-state index in [2.05, 4.69) is 63.5 Å². The van der Waals surface area contributed by atoms with Crippen LogP contribution in [0.15, 0.2) is 53.3 Å². The van der Waals surface area contributed by atoms with Gasteiger partial charge in [-0.25, -0.2) is 4.68 Å². The van der Waals surface area contributed by atoms with Crippen LogP contribution in [0, 0.1) is 13.8 Å². The molecule has 2 heterocycles. The third-order valence-corrected chi connectivity index (χ3v) is 7.12. The normalized spacial score (nSPS) is 14.8. The van der Waals surface area contributed by atoms with Gasteiger partial charge >= 0.3 is 0 Å². The minimum Gasteiger partial charge on any atom is -0.321 e. The summed E-state index contributed by atoms with van der Waals surface area (Å²) in [6.45, 7) is 5.94. The summed E-state index contributed by atoms with van der Waals surface area (Å²) < 4.78 is 2.02. The second-order valence-corrected chi connectivity index (χ2v) is 9.56. The zero-order chi connectivity index (χ0) is 23.5. The molecular weight excluding hydrogens is 424 g/mol. The Labute approximate surface area is 199 Å². The molecule has 0 atom stereocenters. The van der Waals surface area contributed by atoms with Gasteiger partial charge in [0.15, 0.2) is 5.82 Å². The van der Waals surface area contributed by atoms with E-state index in [0.717, 1.165) is 40.7 Å². The van der Waals surface area contributed by atoms with E-state index in [1.807, 2.05) is 28.9 Å². The molecule has 34 heavy (non-hydrogen) atoms. The molecule has 0 amide bonds. The predicted octanol–water partition coefficient (Wildman–Crippen LogP) is 4.84. The van der Waals surface area contributed by atoms with Crippen LogP contribution in [0.1, 0.15) is 66.2 Å². The molecule has 5 rings (SSSR count). The smallest absolute Gasteiger partial charge is 0.252 e. The van der Waals surface area contributed by atoms with Crippen molar-refractivity contribution in [1.82, 2.24) is 30.1 Å². The summed E-state index contributed by atoms with van der Waals surface area (Å²) in [5.74, 6) is 0.867. The van der Waals surface area contributed by atoms with Gasteiger partial charge in [-0.2, -0.15) is 0 Å². The van der Waals surface area contributed by atoms with Crippen molar-refractivity contribution in [1.29, 1.82) is 0 Å². The van der Waals surface area contributed by atoms with E-state index in [1.165, 1.54) is 30.4 Å². The molecule has 1 saturated carbocycles. The summed E-state index contributed by atoms with van der Waals surface area (Å²) in [5.41, 5.74) is 5.13. The van der Waals surface area contributed by atoms with E-state index < -0.39 is 0 Å². The second kappa shape index (κ2) is 9.89. The van der Waals surface area contributed by atoms with Gasteiger partial charge in [0, 0.05) is 18.7 Å². The molecule has 0 radical (unpaired) electrons. The lowest BCUT2D eigenvalue weighted by Crippen LogP contribution is -2.29. The quantitative estimate of drug-likeness (QED) is 0.430. The Bertz CT molecular complexity index is 1320. The van der Waals surface area contributed by atoms with Crippen molar-refractivity contribution in [3.05, 3.63) is 87.0 Å². The van der Waals surface area contributed by atoms with E-state index in [1.54, 1.807) is 0 Å². The van der Waals surface area contributed by atoms with Crippen LogP contribution in [0.2, 0.25) is 0 Å². The minimum atomic E-state index is -0.0360. The molecule has 0 unspecified atom stereocenters. The molecule has 1 N–H and O–H groups in total. The number of nitrogens with one attached hydrogen (secondary N) is 1. The average molecular weight is 457 g/mol. The number of tetrazole rings is 1. The molecule has 4 aromatic rings. The number of hydrogen-bond donors (Lipinski definition) is 1. The number of aryl methyl sites for hydroxylation is 2. The van der Waals surface area contributed by atoms with Crippen molar-refractivity contribution < 1.29 is 0 Å². The largest absolute Gasteiger partial charge is 0.321 e. The first-order valence-electron chi connectivity index (χ1n) is 12.2. The summed E-state index contributed by atoms with van der Waals surface area (Å²) in [4.78, 5) is 18.5. The summed E-state index contributed by atoms with van der Waals surface area (Å²) in [6, 6.07) is 17.0. The molecule has 1 aliphatic rings. The summed E-state index contributed by atoms with van der Waals surface area (Å²) >= 11 is 0. The molecule has 176 valence electrons. The highest BCUT2D eigenvalue weighted by atomic mass is 16.1. The van der Waals surface area contributed by atoms with E-state index >= 15 is 0 Å². The van der Waals surface area contributed by atoms with Crippen LogP contribution >= 0.6 is 0 Å². The van der Waals surface area contributed by atoms with Gasteiger partial charge in [0.2, 0.25) is 0 Å². The van der Waals surface area contributed by atoms with Crippen LogP contribution in [-0.4, -0.2) is 30.1 Å². The van der Waals surface area contributed by atoms with Crippen LogP contribution in [0.5, 0.6) is 0 Å². The number of H-pyrrole nitrogens is 1. The fraction of sp³-hybridized carbons (Fsp3) is 0.407.